The Bertz CT molecular complexity index is 327. The van der Waals surface area contributed by atoms with Crippen LogP contribution in [0.4, 0.5) is 0 Å². The van der Waals surface area contributed by atoms with Gasteiger partial charge in [-0.25, -0.2) is 8.42 Å². The fourth-order valence-electron chi connectivity index (χ4n) is 1.14. The van der Waals surface area contributed by atoms with E-state index >= 15 is 0 Å². The van der Waals surface area contributed by atoms with Crippen LogP contribution in [0.3, 0.4) is 0 Å². The van der Waals surface area contributed by atoms with Crippen LogP contribution >= 0.6 is 0 Å². The van der Waals surface area contributed by atoms with E-state index in [9.17, 15) is 8.42 Å². The normalized spacial score (nSPS) is 11.8. The predicted octanol–water partition coefficient (Wildman–Crippen LogP) is 1.86. The highest BCUT2D eigenvalue weighted by Gasteiger charge is 2.10. The van der Waals surface area contributed by atoms with Crippen molar-refractivity contribution in [3.63, 3.8) is 0 Å². The van der Waals surface area contributed by atoms with E-state index in [0.717, 1.165) is 19.3 Å². The zero-order chi connectivity index (χ0) is 9.73. The van der Waals surface area contributed by atoms with Crippen LogP contribution in [-0.2, 0) is 10.0 Å². The second kappa shape index (κ2) is 4.46. The van der Waals surface area contributed by atoms with Crippen molar-refractivity contribution in [2.45, 2.75) is 26.2 Å². The van der Waals surface area contributed by atoms with Crippen molar-refractivity contribution in [2.75, 3.05) is 5.75 Å². The molecule has 0 spiro atoms. The fraction of sp³-hybridized carbons (Fsp3) is 0.556. The molecule has 0 atom stereocenters. The SMILES string of the molecule is CCCCCS(=O)(=O)n1cccc1. The van der Waals surface area contributed by atoms with Gasteiger partial charge in [0.05, 0.1) is 5.75 Å². The van der Waals surface area contributed by atoms with Crippen LogP contribution in [0.15, 0.2) is 24.5 Å². The summed E-state index contributed by atoms with van der Waals surface area (Å²) in [5.41, 5.74) is 0. The monoisotopic (exact) mass is 201 g/mol. The lowest BCUT2D eigenvalue weighted by Crippen LogP contribution is -2.14. The first-order chi connectivity index (χ1) is 6.17. The van der Waals surface area contributed by atoms with E-state index in [1.54, 1.807) is 24.5 Å². The molecule has 4 heteroatoms. The van der Waals surface area contributed by atoms with Gasteiger partial charge in [0.15, 0.2) is 0 Å². The largest absolute Gasteiger partial charge is 0.253 e. The highest BCUT2D eigenvalue weighted by molar-refractivity contribution is 7.89. The number of rotatable bonds is 5. The van der Waals surface area contributed by atoms with Crippen molar-refractivity contribution in [1.82, 2.24) is 3.97 Å². The Morgan fingerprint density at radius 1 is 1.15 bits per heavy atom. The van der Waals surface area contributed by atoms with Gasteiger partial charge in [0.25, 0.3) is 0 Å². The summed E-state index contributed by atoms with van der Waals surface area (Å²) in [5, 5.41) is 0. The average Bonchev–Trinajstić information content (AvgIpc) is 2.56. The molecular formula is C9H15NO2S. The highest BCUT2D eigenvalue weighted by atomic mass is 32.2. The van der Waals surface area contributed by atoms with Crippen molar-refractivity contribution >= 4 is 10.0 Å². The molecule has 1 rings (SSSR count). The molecule has 1 heterocycles. The lowest BCUT2D eigenvalue weighted by atomic mass is 10.3. The number of nitrogens with zero attached hydrogens (tertiary/aromatic N) is 1. The lowest BCUT2D eigenvalue weighted by molar-refractivity contribution is 0.582. The van der Waals surface area contributed by atoms with Crippen LogP contribution in [0.25, 0.3) is 0 Å². The number of unbranched alkanes of at least 4 members (excludes halogenated alkanes) is 2. The molecule has 0 unspecified atom stereocenters. The Morgan fingerprint density at radius 2 is 1.77 bits per heavy atom. The minimum absolute atomic E-state index is 0.246. The number of hydrogen-bond donors (Lipinski definition) is 0. The average molecular weight is 201 g/mol. The van der Waals surface area contributed by atoms with E-state index in [4.69, 9.17) is 0 Å². The van der Waals surface area contributed by atoms with E-state index in [1.165, 1.54) is 3.97 Å². The van der Waals surface area contributed by atoms with Crippen LogP contribution in [0, 0.1) is 0 Å². The molecule has 3 nitrogen and oxygen atoms in total. The fourth-order valence-corrected chi connectivity index (χ4v) is 2.44. The van der Waals surface area contributed by atoms with Crippen molar-refractivity contribution in [3.8, 4) is 0 Å². The molecule has 0 aliphatic heterocycles. The Hall–Kier alpha value is -0.770. The molecule has 0 bridgehead atoms. The van der Waals surface area contributed by atoms with Gasteiger partial charge < -0.3 is 0 Å². The lowest BCUT2D eigenvalue weighted by Gasteiger charge is -2.03. The minimum atomic E-state index is -3.07. The number of hydrogen-bond acceptors (Lipinski definition) is 2. The molecule has 0 aromatic carbocycles. The summed E-state index contributed by atoms with van der Waals surface area (Å²) in [4.78, 5) is 0. The maximum atomic E-state index is 11.5. The molecule has 0 aliphatic rings. The predicted molar refractivity (Wildman–Crippen MR) is 53.1 cm³/mol. The Kier molecular flexibility index (Phi) is 3.54. The summed E-state index contributed by atoms with van der Waals surface area (Å²) in [5.74, 6) is 0.246. The smallest absolute Gasteiger partial charge is 0.238 e. The summed E-state index contributed by atoms with van der Waals surface area (Å²) >= 11 is 0. The molecular weight excluding hydrogens is 186 g/mol. The summed E-state index contributed by atoms with van der Waals surface area (Å²) in [6, 6.07) is 3.44. The summed E-state index contributed by atoms with van der Waals surface area (Å²) in [6.45, 7) is 2.06. The summed E-state index contributed by atoms with van der Waals surface area (Å²) < 4.78 is 24.3. The van der Waals surface area contributed by atoms with Crippen molar-refractivity contribution < 1.29 is 8.42 Å². The van der Waals surface area contributed by atoms with E-state index in [2.05, 4.69) is 6.92 Å². The van der Waals surface area contributed by atoms with E-state index in [1.807, 2.05) is 0 Å². The van der Waals surface area contributed by atoms with Crippen LogP contribution in [0.2, 0.25) is 0 Å². The Morgan fingerprint density at radius 3 is 2.31 bits per heavy atom. The third-order valence-electron chi connectivity index (χ3n) is 1.90. The summed E-state index contributed by atoms with van der Waals surface area (Å²) in [7, 11) is -3.07. The van der Waals surface area contributed by atoms with Crippen LogP contribution in [0.5, 0.6) is 0 Å². The Labute approximate surface area is 79.4 Å². The second-order valence-electron chi connectivity index (χ2n) is 3.04. The Balaban J connectivity index is 2.58. The minimum Gasteiger partial charge on any atom is -0.253 e. The highest BCUT2D eigenvalue weighted by Crippen LogP contribution is 2.03. The van der Waals surface area contributed by atoms with Crippen molar-refractivity contribution in [2.24, 2.45) is 0 Å². The topological polar surface area (TPSA) is 39.1 Å². The van der Waals surface area contributed by atoms with E-state index < -0.39 is 10.0 Å². The quantitative estimate of drug-likeness (QED) is 0.682. The van der Waals surface area contributed by atoms with Gasteiger partial charge in [-0.3, -0.25) is 3.97 Å². The molecule has 0 radical (unpaired) electrons. The van der Waals surface area contributed by atoms with Gasteiger partial charge in [-0.2, -0.15) is 0 Å². The van der Waals surface area contributed by atoms with Crippen LogP contribution in [-0.4, -0.2) is 18.1 Å². The van der Waals surface area contributed by atoms with Crippen LogP contribution in [0.1, 0.15) is 26.2 Å². The molecule has 0 N–H and O–H groups in total. The molecule has 0 saturated heterocycles. The zero-order valence-electron chi connectivity index (χ0n) is 7.81. The van der Waals surface area contributed by atoms with Gasteiger partial charge in [-0.1, -0.05) is 19.8 Å². The molecule has 0 amide bonds. The van der Waals surface area contributed by atoms with Gasteiger partial charge in [0.1, 0.15) is 0 Å². The number of aromatic nitrogens is 1. The maximum Gasteiger partial charge on any atom is 0.238 e. The molecule has 74 valence electrons. The van der Waals surface area contributed by atoms with Gasteiger partial charge in [-0.15, -0.1) is 0 Å². The molecule has 0 aliphatic carbocycles. The van der Waals surface area contributed by atoms with Gasteiger partial charge in [-0.05, 0) is 18.6 Å². The first kappa shape index (κ1) is 10.3. The van der Waals surface area contributed by atoms with Gasteiger partial charge in [0.2, 0.25) is 10.0 Å². The van der Waals surface area contributed by atoms with Crippen molar-refractivity contribution in [3.05, 3.63) is 24.5 Å². The molecule has 0 fully saturated rings. The molecule has 1 aromatic heterocycles. The summed E-state index contributed by atoms with van der Waals surface area (Å²) in [6.07, 6.45) is 5.90. The first-order valence-corrected chi connectivity index (χ1v) is 6.14. The van der Waals surface area contributed by atoms with Gasteiger partial charge >= 0.3 is 0 Å². The van der Waals surface area contributed by atoms with E-state index in [0.29, 0.717) is 0 Å². The van der Waals surface area contributed by atoms with Gasteiger partial charge in [0, 0.05) is 12.4 Å². The third kappa shape index (κ3) is 2.88. The van der Waals surface area contributed by atoms with Crippen LogP contribution < -0.4 is 0 Å². The standard InChI is InChI=1S/C9H15NO2S/c1-2-3-6-9-13(11,12)10-7-4-5-8-10/h4-5,7-8H,2-3,6,9H2,1H3. The van der Waals surface area contributed by atoms with E-state index in [-0.39, 0.29) is 5.75 Å². The third-order valence-corrected chi connectivity index (χ3v) is 3.59. The second-order valence-corrected chi connectivity index (χ2v) is 5.03. The van der Waals surface area contributed by atoms with Crippen molar-refractivity contribution in [1.29, 1.82) is 0 Å². The molecule has 1 aromatic rings. The first-order valence-electron chi connectivity index (χ1n) is 4.53. The molecule has 0 saturated carbocycles. The zero-order valence-corrected chi connectivity index (χ0v) is 8.63. The maximum absolute atomic E-state index is 11.5. The molecule has 13 heavy (non-hydrogen) atoms.